The van der Waals surface area contributed by atoms with Crippen molar-refractivity contribution in [3.05, 3.63) is 28.8 Å². The number of nitrogens with zero attached hydrogens (tertiary/aromatic N) is 1. The van der Waals surface area contributed by atoms with Crippen molar-refractivity contribution < 1.29 is 9.53 Å². The minimum Gasteiger partial charge on any atom is -0.380 e. The smallest absolute Gasteiger partial charge is 0.255 e. The van der Waals surface area contributed by atoms with Crippen LogP contribution in [-0.4, -0.2) is 37.1 Å². The Labute approximate surface area is 111 Å². The van der Waals surface area contributed by atoms with Gasteiger partial charge in [-0.1, -0.05) is 11.6 Å². The fourth-order valence-corrected chi connectivity index (χ4v) is 2.20. The molecular weight excluding hydrogens is 258 g/mol. The highest BCUT2D eigenvalue weighted by Gasteiger charge is 2.19. The van der Waals surface area contributed by atoms with E-state index in [-0.39, 0.29) is 5.91 Å². The maximum atomic E-state index is 12.3. The molecule has 3 nitrogen and oxygen atoms in total. The molecule has 2 rings (SSSR count). The van der Waals surface area contributed by atoms with Crippen LogP contribution in [0.3, 0.4) is 0 Å². The van der Waals surface area contributed by atoms with E-state index in [0.29, 0.717) is 36.9 Å². The highest BCUT2D eigenvalue weighted by atomic mass is 35.5. The Bertz CT molecular complexity index is 417. The van der Waals surface area contributed by atoms with Crippen LogP contribution in [0.15, 0.2) is 23.1 Å². The van der Waals surface area contributed by atoms with Gasteiger partial charge >= 0.3 is 0 Å². The van der Waals surface area contributed by atoms with Gasteiger partial charge in [-0.2, -0.15) is 0 Å². The molecule has 1 saturated heterocycles. The number of rotatable bonds is 1. The molecule has 1 aromatic carbocycles. The van der Waals surface area contributed by atoms with Crippen molar-refractivity contribution in [1.82, 2.24) is 4.90 Å². The maximum absolute atomic E-state index is 12.3. The predicted octanol–water partition coefficient (Wildman–Crippen LogP) is 2.49. The van der Waals surface area contributed by atoms with E-state index in [9.17, 15) is 4.79 Å². The topological polar surface area (TPSA) is 29.5 Å². The Morgan fingerprint density at radius 1 is 1.35 bits per heavy atom. The van der Waals surface area contributed by atoms with Crippen molar-refractivity contribution in [2.75, 3.05) is 26.3 Å². The third-order valence-electron chi connectivity index (χ3n) is 2.69. The van der Waals surface area contributed by atoms with Gasteiger partial charge in [-0.05, 0) is 24.6 Å². The fraction of sp³-hybridized carbons (Fsp3) is 0.417. The SMILES string of the molecule is O=C(c1cc(S)ccc1Cl)N1CCCOCC1. The first-order chi connectivity index (χ1) is 8.18. The molecule has 0 saturated carbocycles. The Morgan fingerprint density at radius 2 is 2.18 bits per heavy atom. The highest BCUT2D eigenvalue weighted by molar-refractivity contribution is 7.80. The molecular formula is C12H14ClNO2S. The van der Waals surface area contributed by atoms with E-state index in [4.69, 9.17) is 16.3 Å². The number of thiol groups is 1. The zero-order valence-electron chi connectivity index (χ0n) is 9.36. The van der Waals surface area contributed by atoms with E-state index >= 15 is 0 Å². The lowest BCUT2D eigenvalue weighted by Crippen LogP contribution is -2.33. The number of benzene rings is 1. The average molecular weight is 272 g/mol. The van der Waals surface area contributed by atoms with Crippen LogP contribution in [0.1, 0.15) is 16.8 Å². The molecule has 1 aromatic rings. The van der Waals surface area contributed by atoms with Crippen LogP contribution in [0.5, 0.6) is 0 Å². The van der Waals surface area contributed by atoms with Gasteiger partial charge in [0.25, 0.3) is 5.91 Å². The molecule has 0 bridgehead atoms. The lowest BCUT2D eigenvalue weighted by Gasteiger charge is -2.20. The zero-order chi connectivity index (χ0) is 12.3. The summed E-state index contributed by atoms with van der Waals surface area (Å²) in [4.78, 5) is 14.8. The van der Waals surface area contributed by atoms with Gasteiger partial charge in [0.2, 0.25) is 0 Å². The number of hydrogen-bond donors (Lipinski definition) is 1. The number of amides is 1. The van der Waals surface area contributed by atoms with Gasteiger partial charge in [-0.15, -0.1) is 12.6 Å². The molecule has 5 heteroatoms. The number of ether oxygens (including phenoxy) is 1. The molecule has 0 N–H and O–H groups in total. The summed E-state index contributed by atoms with van der Waals surface area (Å²) in [6.07, 6.45) is 0.865. The third-order valence-corrected chi connectivity index (χ3v) is 3.30. The van der Waals surface area contributed by atoms with Crippen LogP contribution in [0.25, 0.3) is 0 Å². The van der Waals surface area contributed by atoms with Crippen molar-refractivity contribution in [2.45, 2.75) is 11.3 Å². The maximum Gasteiger partial charge on any atom is 0.255 e. The molecule has 1 amide bonds. The quantitative estimate of drug-likeness (QED) is 0.796. The fourth-order valence-electron chi connectivity index (χ4n) is 1.80. The summed E-state index contributed by atoms with van der Waals surface area (Å²) in [5, 5.41) is 0.470. The lowest BCUT2D eigenvalue weighted by atomic mass is 10.2. The first-order valence-corrected chi connectivity index (χ1v) is 6.36. The van der Waals surface area contributed by atoms with Gasteiger partial charge < -0.3 is 9.64 Å². The van der Waals surface area contributed by atoms with Gasteiger partial charge in [-0.25, -0.2) is 0 Å². The van der Waals surface area contributed by atoms with Crippen LogP contribution in [0, 0.1) is 0 Å². The molecule has 17 heavy (non-hydrogen) atoms. The van der Waals surface area contributed by atoms with Crippen molar-refractivity contribution in [3.8, 4) is 0 Å². The molecule has 0 aromatic heterocycles. The summed E-state index contributed by atoms with van der Waals surface area (Å²) in [6.45, 7) is 2.63. The van der Waals surface area contributed by atoms with Crippen molar-refractivity contribution >= 4 is 30.1 Å². The summed E-state index contributed by atoms with van der Waals surface area (Å²) in [5.74, 6) is -0.0450. The van der Waals surface area contributed by atoms with Crippen LogP contribution >= 0.6 is 24.2 Å². The first-order valence-electron chi connectivity index (χ1n) is 5.54. The largest absolute Gasteiger partial charge is 0.380 e. The molecule has 1 aliphatic heterocycles. The van der Waals surface area contributed by atoms with E-state index < -0.39 is 0 Å². The molecule has 1 heterocycles. The van der Waals surface area contributed by atoms with Gasteiger partial charge in [0.15, 0.2) is 0 Å². The van der Waals surface area contributed by atoms with Crippen LogP contribution in [0.4, 0.5) is 0 Å². The van der Waals surface area contributed by atoms with Crippen LogP contribution in [-0.2, 0) is 4.74 Å². The molecule has 0 atom stereocenters. The van der Waals surface area contributed by atoms with Crippen molar-refractivity contribution in [3.63, 3.8) is 0 Å². The number of halogens is 1. The van der Waals surface area contributed by atoms with Crippen molar-refractivity contribution in [1.29, 1.82) is 0 Å². The highest BCUT2D eigenvalue weighted by Crippen LogP contribution is 2.21. The Morgan fingerprint density at radius 3 is 3.00 bits per heavy atom. The number of carbonyl (C=O) groups is 1. The number of carbonyl (C=O) groups excluding carboxylic acids is 1. The molecule has 0 aliphatic carbocycles. The van der Waals surface area contributed by atoms with Gasteiger partial charge in [0.1, 0.15) is 0 Å². The van der Waals surface area contributed by atoms with E-state index in [0.717, 1.165) is 11.3 Å². The summed E-state index contributed by atoms with van der Waals surface area (Å²) in [7, 11) is 0. The second kappa shape index (κ2) is 5.76. The molecule has 1 fully saturated rings. The molecule has 0 unspecified atom stereocenters. The number of hydrogen-bond acceptors (Lipinski definition) is 3. The standard InChI is InChI=1S/C12H14ClNO2S/c13-11-3-2-9(17)8-10(11)12(15)14-4-1-6-16-7-5-14/h2-3,8,17H,1,4-7H2. The van der Waals surface area contributed by atoms with Crippen LogP contribution < -0.4 is 0 Å². The summed E-state index contributed by atoms with van der Waals surface area (Å²) in [5.41, 5.74) is 0.515. The molecule has 0 spiro atoms. The second-order valence-corrected chi connectivity index (χ2v) is 4.85. The minimum absolute atomic E-state index is 0.0450. The third kappa shape index (κ3) is 3.15. The van der Waals surface area contributed by atoms with Crippen molar-refractivity contribution in [2.24, 2.45) is 0 Å². The van der Waals surface area contributed by atoms with Gasteiger partial charge in [0.05, 0.1) is 17.2 Å². The Hall–Kier alpha value is -0.710. The monoisotopic (exact) mass is 271 g/mol. The lowest BCUT2D eigenvalue weighted by molar-refractivity contribution is 0.0741. The van der Waals surface area contributed by atoms with Crippen LogP contribution in [0.2, 0.25) is 5.02 Å². The van der Waals surface area contributed by atoms with Gasteiger partial charge in [0, 0.05) is 24.6 Å². The minimum atomic E-state index is -0.0450. The summed E-state index contributed by atoms with van der Waals surface area (Å²) < 4.78 is 5.32. The van der Waals surface area contributed by atoms with E-state index in [2.05, 4.69) is 12.6 Å². The molecule has 1 aliphatic rings. The second-order valence-electron chi connectivity index (χ2n) is 3.92. The predicted molar refractivity (Wildman–Crippen MR) is 70.0 cm³/mol. The zero-order valence-corrected chi connectivity index (χ0v) is 11.0. The van der Waals surface area contributed by atoms with E-state index in [1.54, 1.807) is 23.1 Å². The first kappa shape index (κ1) is 12.7. The summed E-state index contributed by atoms with van der Waals surface area (Å²) >= 11 is 10.3. The average Bonchev–Trinajstić information content (AvgIpc) is 2.60. The van der Waals surface area contributed by atoms with E-state index in [1.807, 2.05) is 0 Å². The Kier molecular flexibility index (Phi) is 4.31. The Balaban J connectivity index is 2.20. The van der Waals surface area contributed by atoms with Gasteiger partial charge in [-0.3, -0.25) is 4.79 Å². The summed E-state index contributed by atoms with van der Waals surface area (Å²) in [6, 6.07) is 5.18. The normalized spacial score (nSPS) is 16.7. The molecule has 0 radical (unpaired) electrons. The van der Waals surface area contributed by atoms with E-state index in [1.165, 1.54) is 0 Å². The molecule has 92 valence electrons.